The second-order valence-corrected chi connectivity index (χ2v) is 7.92. The van der Waals surface area contributed by atoms with Gasteiger partial charge in [-0.15, -0.1) is 0 Å². The fourth-order valence-electron chi connectivity index (χ4n) is 5.09. The summed E-state index contributed by atoms with van der Waals surface area (Å²) < 4.78 is 1.14. The Kier molecular flexibility index (Phi) is 4.61. The van der Waals surface area contributed by atoms with Gasteiger partial charge in [0.05, 0.1) is 37.7 Å². The van der Waals surface area contributed by atoms with E-state index >= 15 is 0 Å². The van der Waals surface area contributed by atoms with Crippen molar-refractivity contribution in [2.75, 3.05) is 13.7 Å². The first kappa shape index (κ1) is 16.7. The molecule has 2 aliphatic rings. The molecule has 3 rings (SSSR count). The number of piperidine rings is 1. The van der Waals surface area contributed by atoms with Gasteiger partial charge in [-0.25, -0.2) is 0 Å². The number of carbonyl (C=O) groups excluding carboxylic acids is 1. The maximum atomic E-state index is 13.1. The highest BCUT2D eigenvalue weighted by Gasteiger charge is 2.54. The van der Waals surface area contributed by atoms with E-state index in [-0.39, 0.29) is 24.2 Å². The summed E-state index contributed by atoms with van der Waals surface area (Å²) in [7, 11) is 2.38. The zero-order chi connectivity index (χ0) is 16.6. The second kappa shape index (κ2) is 6.37. The molecule has 0 radical (unpaired) electrons. The van der Waals surface area contributed by atoms with Gasteiger partial charge >= 0.3 is 0 Å². The zero-order valence-electron chi connectivity index (χ0n) is 14.6. The summed E-state index contributed by atoms with van der Waals surface area (Å²) in [6.07, 6.45) is 4.48. The third-order valence-electron chi connectivity index (χ3n) is 6.76. The lowest BCUT2D eigenvalue weighted by molar-refractivity contribution is -0.968. The van der Waals surface area contributed by atoms with E-state index in [1.54, 1.807) is 0 Å². The topological polar surface area (TPSA) is 37.3 Å². The molecule has 5 atom stereocenters. The molecule has 0 amide bonds. The number of benzene rings is 1. The van der Waals surface area contributed by atoms with Crippen molar-refractivity contribution in [3.8, 4) is 0 Å². The van der Waals surface area contributed by atoms with E-state index in [2.05, 4.69) is 20.9 Å². The molecule has 2 fully saturated rings. The number of quaternary nitrogens is 1. The summed E-state index contributed by atoms with van der Waals surface area (Å²) >= 11 is 0. The van der Waals surface area contributed by atoms with Crippen molar-refractivity contribution in [3.05, 3.63) is 35.9 Å². The molecule has 0 spiro atoms. The molecule has 0 aromatic heterocycles. The molecule has 1 N–H and O–H groups in total. The Morgan fingerprint density at radius 3 is 2.22 bits per heavy atom. The third-order valence-corrected chi connectivity index (χ3v) is 6.76. The van der Waals surface area contributed by atoms with Gasteiger partial charge in [0.25, 0.3) is 0 Å². The van der Waals surface area contributed by atoms with Crippen LogP contribution in [-0.4, -0.2) is 47.2 Å². The number of carbonyl (C=O) groups is 1. The quantitative estimate of drug-likeness (QED) is 0.848. The van der Waals surface area contributed by atoms with Crippen molar-refractivity contribution in [3.63, 3.8) is 0 Å². The first-order valence-corrected chi connectivity index (χ1v) is 9.03. The Bertz CT molecular complexity index is 540. The van der Waals surface area contributed by atoms with E-state index in [0.29, 0.717) is 18.1 Å². The molecule has 0 saturated carbocycles. The number of ketones is 1. The van der Waals surface area contributed by atoms with Gasteiger partial charge in [0, 0.05) is 31.6 Å². The van der Waals surface area contributed by atoms with Crippen molar-refractivity contribution < 1.29 is 14.4 Å². The Balaban J connectivity index is 1.78. The normalized spacial score (nSPS) is 34.6. The Morgan fingerprint density at radius 2 is 1.74 bits per heavy atom. The molecule has 3 nitrogen and oxygen atoms in total. The highest BCUT2D eigenvalue weighted by Crippen LogP contribution is 2.46. The molecule has 1 aromatic carbocycles. The van der Waals surface area contributed by atoms with Crippen LogP contribution in [0.5, 0.6) is 0 Å². The summed E-state index contributed by atoms with van der Waals surface area (Å²) in [6, 6.07) is 11.6. The number of hydrogen-bond donors (Lipinski definition) is 1. The summed E-state index contributed by atoms with van der Waals surface area (Å²) in [5.41, 5.74) is 0.957. The molecule has 23 heavy (non-hydrogen) atoms. The van der Waals surface area contributed by atoms with Crippen LogP contribution in [0.2, 0.25) is 0 Å². The average molecular weight is 316 g/mol. The summed E-state index contributed by atoms with van der Waals surface area (Å²) in [4.78, 5) is 13.1. The lowest BCUT2D eigenvalue weighted by Gasteiger charge is -2.50. The van der Waals surface area contributed by atoms with Crippen LogP contribution in [0.4, 0.5) is 0 Å². The van der Waals surface area contributed by atoms with Gasteiger partial charge in [-0.1, -0.05) is 30.3 Å². The van der Waals surface area contributed by atoms with E-state index in [0.717, 1.165) is 22.9 Å². The Labute approximate surface area is 139 Å². The lowest BCUT2D eigenvalue weighted by atomic mass is 9.79. The number of nitrogens with zero attached hydrogens (tertiary/aromatic N) is 1. The van der Waals surface area contributed by atoms with Crippen LogP contribution in [0.15, 0.2) is 30.3 Å². The van der Waals surface area contributed by atoms with Gasteiger partial charge in [0.2, 0.25) is 0 Å². The van der Waals surface area contributed by atoms with E-state index in [4.69, 9.17) is 0 Å². The SMILES string of the molecule is CC(C)[N+]1(C)[C@@H]2CC[C@H]1CC(C(=O)C(CO)c1ccccc1)C2. The predicted molar refractivity (Wildman–Crippen MR) is 92.1 cm³/mol. The number of Topliss-reactive ketones (excluding diaryl/α,β-unsaturated/α-hetero) is 1. The molecule has 2 heterocycles. The highest BCUT2D eigenvalue weighted by molar-refractivity contribution is 5.88. The monoisotopic (exact) mass is 316 g/mol. The van der Waals surface area contributed by atoms with Gasteiger partial charge in [-0.2, -0.15) is 0 Å². The van der Waals surface area contributed by atoms with E-state index in [9.17, 15) is 9.90 Å². The lowest BCUT2D eigenvalue weighted by Crippen LogP contribution is -2.62. The van der Waals surface area contributed by atoms with Crippen LogP contribution in [0.25, 0.3) is 0 Å². The minimum absolute atomic E-state index is 0.0784. The molecule has 3 unspecified atom stereocenters. The number of hydrogen-bond acceptors (Lipinski definition) is 2. The van der Waals surface area contributed by atoms with Crippen LogP contribution in [0, 0.1) is 5.92 Å². The molecule has 1 aromatic rings. The highest BCUT2D eigenvalue weighted by atomic mass is 16.3. The fourth-order valence-corrected chi connectivity index (χ4v) is 5.09. The standard InChI is InChI=1S/C20H30NO2/c1-14(2)21(3)17-9-10-18(21)12-16(11-17)20(23)19(13-22)15-7-5-4-6-8-15/h4-8,14,16-19,22H,9-13H2,1-3H3/q+1/t16?,17-,18+,19?,21?. The van der Waals surface area contributed by atoms with Crippen molar-refractivity contribution >= 4 is 5.78 Å². The van der Waals surface area contributed by atoms with Crippen molar-refractivity contribution in [1.29, 1.82) is 0 Å². The summed E-state index contributed by atoms with van der Waals surface area (Å²) in [5.74, 6) is 0.0249. The minimum atomic E-state index is -0.350. The number of aliphatic hydroxyl groups excluding tert-OH is 1. The number of aliphatic hydroxyl groups is 1. The van der Waals surface area contributed by atoms with Crippen molar-refractivity contribution in [2.45, 2.75) is 63.6 Å². The summed E-state index contributed by atoms with van der Waals surface area (Å²) in [5, 5.41) is 9.79. The Hall–Kier alpha value is -1.19. The van der Waals surface area contributed by atoms with Crippen LogP contribution < -0.4 is 0 Å². The molecule has 2 aliphatic heterocycles. The van der Waals surface area contributed by atoms with Gasteiger partial charge in [0.15, 0.2) is 0 Å². The van der Waals surface area contributed by atoms with Gasteiger partial charge < -0.3 is 9.59 Å². The molecule has 0 aliphatic carbocycles. The first-order chi connectivity index (χ1) is 11.0. The van der Waals surface area contributed by atoms with Crippen LogP contribution in [0.1, 0.15) is 51.0 Å². The molecule has 126 valence electrons. The maximum absolute atomic E-state index is 13.1. The number of rotatable bonds is 5. The third kappa shape index (κ3) is 2.74. The molecule has 2 bridgehead atoms. The molecule has 3 heteroatoms. The predicted octanol–water partition coefficient (Wildman–Crippen LogP) is 3.13. The molecular weight excluding hydrogens is 286 g/mol. The van der Waals surface area contributed by atoms with E-state index in [1.807, 2.05) is 30.3 Å². The Morgan fingerprint density at radius 1 is 1.17 bits per heavy atom. The van der Waals surface area contributed by atoms with Crippen LogP contribution >= 0.6 is 0 Å². The molecular formula is C20H30NO2+. The van der Waals surface area contributed by atoms with Crippen LogP contribution in [-0.2, 0) is 4.79 Å². The van der Waals surface area contributed by atoms with Crippen LogP contribution in [0.3, 0.4) is 0 Å². The van der Waals surface area contributed by atoms with E-state index in [1.165, 1.54) is 12.8 Å². The first-order valence-electron chi connectivity index (χ1n) is 9.03. The van der Waals surface area contributed by atoms with Crippen molar-refractivity contribution in [1.82, 2.24) is 0 Å². The van der Waals surface area contributed by atoms with Gasteiger partial charge in [-0.05, 0) is 19.4 Å². The van der Waals surface area contributed by atoms with Gasteiger partial charge in [-0.3, -0.25) is 4.79 Å². The average Bonchev–Trinajstić information content (AvgIpc) is 2.75. The zero-order valence-corrected chi connectivity index (χ0v) is 14.6. The second-order valence-electron chi connectivity index (χ2n) is 7.92. The minimum Gasteiger partial charge on any atom is -0.395 e. The maximum Gasteiger partial charge on any atom is 0.146 e. The fraction of sp³-hybridized carbons (Fsp3) is 0.650. The molecule has 2 saturated heterocycles. The van der Waals surface area contributed by atoms with E-state index < -0.39 is 0 Å². The number of fused-ring (bicyclic) bond motifs is 2. The largest absolute Gasteiger partial charge is 0.395 e. The smallest absolute Gasteiger partial charge is 0.146 e. The van der Waals surface area contributed by atoms with Crippen molar-refractivity contribution in [2.24, 2.45) is 5.92 Å². The van der Waals surface area contributed by atoms with Gasteiger partial charge in [0.1, 0.15) is 5.78 Å². The summed E-state index contributed by atoms with van der Waals surface area (Å²) in [6.45, 7) is 4.55.